The highest BCUT2D eigenvalue weighted by atomic mass is 32.2. The molecule has 2 aromatic rings. The normalized spacial score (nSPS) is 12.2. The third-order valence-electron chi connectivity index (χ3n) is 3.02. The van der Waals surface area contributed by atoms with Gasteiger partial charge in [0.2, 0.25) is 10.0 Å². The molecule has 110 valence electrons. The van der Waals surface area contributed by atoms with Crippen LogP contribution in [0.25, 0.3) is 5.52 Å². The van der Waals surface area contributed by atoms with Crippen LogP contribution in [0.4, 0.5) is 5.82 Å². The van der Waals surface area contributed by atoms with E-state index < -0.39 is 10.0 Å². The monoisotopic (exact) mass is 297 g/mol. The quantitative estimate of drug-likeness (QED) is 0.765. The zero-order valence-corrected chi connectivity index (χ0v) is 12.5. The number of sulfonamides is 1. The van der Waals surface area contributed by atoms with Gasteiger partial charge in [-0.2, -0.15) is 5.10 Å². The Hall–Kier alpha value is -1.67. The number of hydrogen-bond donors (Lipinski definition) is 1. The van der Waals surface area contributed by atoms with Gasteiger partial charge in [0.1, 0.15) is 5.52 Å². The van der Waals surface area contributed by atoms with E-state index in [2.05, 4.69) is 15.4 Å². The van der Waals surface area contributed by atoms with E-state index in [1.165, 1.54) is 10.6 Å². The summed E-state index contributed by atoms with van der Waals surface area (Å²) in [6.45, 7) is 3.49. The molecule has 0 aliphatic rings. The highest BCUT2D eigenvalue weighted by Gasteiger charge is 2.13. The van der Waals surface area contributed by atoms with Gasteiger partial charge in [-0.05, 0) is 12.5 Å². The first kappa shape index (κ1) is 14.7. The van der Waals surface area contributed by atoms with Gasteiger partial charge < -0.3 is 5.32 Å². The Morgan fingerprint density at radius 3 is 2.90 bits per heavy atom. The Morgan fingerprint density at radius 2 is 2.20 bits per heavy atom. The predicted molar refractivity (Wildman–Crippen MR) is 78.2 cm³/mol. The molecule has 7 nitrogen and oxygen atoms in total. The van der Waals surface area contributed by atoms with Gasteiger partial charge in [-0.3, -0.25) is 0 Å². The van der Waals surface area contributed by atoms with Gasteiger partial charge in [0.15, 0.2) is 5.82 Å². The maximum absolute atomic E-state index is 11.4. The van der Waals surface area contributed by atoms with Gasteiger partial charge in [-0.25, -0.2) is 22.2 Å². The molecule has 0 aliphatic heterocycles. The maximum Gasteiger partial charge on any atom is 0.211 e. The molecule has 0 unspecified atom stereocenters. The Labute approximate surface area is 118 Å². The van der Waals surface area contributed by atoms with Gasteiger partial charge in [0.05, 0.1) is 12.5 Å². The lowest BCUT2D eigenvalue weighted by molar-refractivity contribution is 0.428. The number of anilines is 1. The van der Waals surface area contributed by atoms with Crippen LogP contribution >= 0.6 is 0 Å². The summed E-state index contributed by atoms with van der Waals surface area (Å²) >= 11 is 0. The van der Waals surface area contributed by atoms with Crippen molar-refractivity contribution >= 4 is 21.4 Å². The van der Waals surface area contributed by atoms with Crippen molar-refractivity contribution in [3.05, 3.63) is 24.7 Å². The van der Waals surface area contributed by atoms with E-state index in [4.69, 9.17) is 0 Å². The van der Waals surface area contributed by atoms with Crippen molar-refractivity contribution in [2.75, 3.05) is 31.2 Å². The fraction of sp³-hybridized carbons (Fsp3) is 0.500. The Bertz CT molecular complexity index is 667. The summed E-state index contributed by atoms with van der Waals surface area (Å²) in [7, 11) is -3.11. The van der Waals surface area contributed by atoms with Gasteiger partial charge in [-0.15, -0.1) is 0 Å². The summed E-state index contributed by atoms with van der Waals surface area (Å²) in [5, 5.41) is 7.34. The van der Waals surface area contributed by atoms with Crippen LogP contribution in [-0.2, 0) is 10.0 Å². The predicted octanol–water partition coefficient (Wildman–Crippen LogP) is 0.813. The van der Waals surface area contributed by atoms with Crippen LogP contribution < -0.4 is 5.32 Å². The molecule has 0 aromatic carbocycles. The minimum Gasteiger partial charge on any atom is -0.368 e. The molecule has 2 heterocycles. The fourth-order valence-electron chi connectivity index (χ4n) is 2.01. The summed E-state index contributed by atoms with van der Waals surface area (Å²) in [5.41, 5.74) is 0.906. The average molecular weight is 297 g/mol. The second kappa shape index (κ2) is 6.19. The minimum atomic E-state index is -3.11. The van der Waals surface area contributed by atoms with Gasteiger partial charge in [0, 0.05) is 32.0 Å². The van der Waals surface area contributed by atoms with Crippen molar-refractivity contribution in [3.63, 3.8) is 0 Å². The molecule has 2 aromatic heterocycles. The van der Waals surface area contributed by atoms with Gasteiger partial charge >= 0.3 is 0 Å². The zero-order valence-electron chi connectivity index (χ0n) is 11.7. The molecule has 0 atom stereocenters. The molecule has 0 saturated carbocycles. The lowest BCUT2D eigenvalue weighted by atomic mass is 10.4. The molecule has 0 spiro atoms. The second-order valence-corrected chi connectivity index (χ2v) is 6.45. The van der Waals surface area contributed by atoms with Gasteiger partial charge in [0.25, 0.3) is 0 Å². The summed E-state index contributed by atoms with van der Waals surface area (Å²) < 4.78 is 26.1. The van der Waals surface area contributed by atoms with E-state index in [9.17, 15) is 8.42 Å². The Balaban J connectivity index is 1.89. The first-order chi connectivity index (χ1) is 9.52. The van der Waals surface area contributed by atoms with E-state index in [1.807, 2.05) is 13.0 Å². The van der Waals surface area contributed by atoms with Crippen LogP contribution in [0.15, 0.2) is 24.7 Å². The molecule has 0 saturated heterocycles. The van der Waals surface area contributed by atoms with Crippen LogP contribution in [-0.4, -0.2) is 53.2 Å². The lowest BCUT2D eigenvalue weighted by Gasteiger charge is -2.17. The highest BCUT2D eigenvalue weighted by Crippen LogP contribution is 2.12. The van der Waals surface area contributed by atoms with Crippen LogP contribution in [0.2, 0.25) is 0 Å². The number of rotatable bonds is 7. The van der Waals surface area contributed by atoms with E-state index >= 15 is 0 Å². The summed E-state index contributed by atoms with van der Waals surface area (Å²) in [6, 6.07) is 1.88. The SMILES string of the molecule is CCN(CCCNc1nccn2nccc12)S(C)(=O)=O. The molecular formula is C12H19N5O2S. The Morgan fingerprint density at radius 1 is 1.40 bits per heavy atom. The van der Waals surface area contributed by atoms with E-state index in [1.54, 1.807) is 23.1 Å². The molecular weight excluding hydrogens is 278 g/mol. The molecule has 0 amide bonds. The first-order valence-electron chi connectivity index (χ1n) is 6.49. The number of aromatic nitrogens is 3. The average Bonchev–Trinajstić information content (AvgIpc) is 2.86. The molecule has 0 radical (unpaired) electrons. The topological polar surface area (TPSA) is 79.6 Å². The minimum absolute atomic E-state index is 0.495. The van der Waals surface area contributed by atoms with E-state index in [0.29, 0.717) is 19.6 Å². The van der Waals surface area contributed by atoms with Crippen LogP contribution in [0.1, 0.15) is 13.3 Å². The Kier molecular flexibility index (Phi) is 4.56. The maximum atomic E-state index is 11.4. The van der Waals surface area contributed by atoms with E-state index in [-0.39, 0.29) is 0 Å². The molecule has 0 aliphatic carbocycles. The number of nitrogens with one attached hydrogen (secondary N) is 1. The number of fused-ring (bicyclic) bond motifs is 1. The summed E-state index contributed by atoms with van der Waals surface area (Å²) in [6.07, 6.45) is 7.13. The fourth-order valence-corrected chi connectivity index (χ4v) is 2.94. The third-order valence-corrected chi connectivity index (χ3v) is 4.40. The van der Waals surface area contributed by atoms with Crippen molar-refractivity contribution < 1.29 is 8.42 Å². The molecule has 0 fully saturated rings. The van der Waals surface area contributed by atoms with Crippen LogP contribution in [0.3, 0.4) is 0 Å². The van der Waals surface area contributed by atoms with Crippen molar-refractivity contribution in [3.8, 4) is 0 Å². The van der Waals surface area contributed by atoms with Crippen molar-refractivity contribution in [1.29, 1.82) is 0 Å². The molecule has 0 bridgehead atoms. The second-order valence-electron chi connectivity index (χ2n) is 4.47. The first-order valence-corrected chi connectivity index (χ1v) is 8.34. The van der Waals surface area contributed by atoms with Crippen molar-refractivity contribution in [1.82, 2.24) is 18.9 Å². The van der Waals surface area contributed by atoms with Crippen LogP contribution in [0.5, 0.6) is 0 Å². The summed E-state index contributed by atoms with van der Waals surface area (Å²) in [4.78, 5) is 4.26. The largest absolute Gasteiger partial charge is 0.368 e. The smallest absolute Gasteiger partial charge is 0.211 e. The van der Waals surface area contributed by atoms with Gasteiger partial charge in [-0.1, -0.05) is 6.92 Å². The van der Waals surface area contributed by atoms with E-state index in [0.717, 1.165) is 17.8 Å². The summed E-state index contributed by atoms with van der Waals surface area (Å²) in [5.74, 6) is 0.757. The van der Waals surface area contributed by atoms with Crippen LogP contribution in [0, 0.1) is 0 Å². The number of hydrogen-bond acceptors (Lipinski definition) is 5. The zero-order chi connectivity index (χ0) is 14.6. The molecule has 20 heavy (non-hydrogen) atoms. The highest BCUT2D eigenvalue weighted by molar-refractivity contribution is 7.88. The van der Waals surface area contributed by atoms with Crippen molar-refractivity contribution in [2.24, 2.45) is 0 Å². The number of nitrogens with zero attached hydrogens (tertiary/aromatic N) is 4. The standard InChI is InChI=1S/C12H19N5O2S/c1-3-16(20(2,18)19)9-4-6-13-12-11-5-7-15-17(11)10-8-14-12/h5,7-8,10H,3-4,6,9H2,1-2H3,(H,13,14). The van der Waals surface area contributed by atoms with Crippen molar-refractivity contribution in [2.45, 2.75) is 13.3 Å². The molecule has 1 N–H and O–H groups in total. The molecule has 2 rings (SSSR count). The third kappa shape index (κ3) is 3.45. The lowest BCUT2D eigenvalue weighted by Crippen LogP contribution is -2.31. The molecule has 8 heteroatoms.